The SMILES string of the molecule is CCCC(O)CNC1CCCC1S(C)(=O)=O. The predicted molar refractivity (Wildman–Crippen MR) is 65.2 cm³/mol. The topological polar surface area (TPSA) is 66.4 Å². The van der Waals surface area contributed by atoms with Gasteiger partial charge in [-0.05, 0) is 19.3 Å². The fraction of sp³-hybridized carbons (Fsp3) is 1.00. The fourth-order valence-corrected chi connectivity index (χ4v) is 3.82. The second-order valence-electron chi connectivity index (χ2n) is 4.76. The number of sulfone groups is 1. The largest absolute Gasteiger partial charge is 0.392 e. The molecule has 0 saturated heterocycles. The van der Waals surface area contributed by atoms with Crippen LogP contribution < -0.4 is 5.32 Å². The maximum absolute atomic E-state index is 11.5. The van der Waals surface area contributed by atoms with Crippen molar-refractivity contribution in [2.24, 2.45) is 0 Å². The van der Waals surface area contributed by atoms with Crippen LogP contribution in [0.15, 0.2) is 0 Å². The summed E-state index contributed by atoms with van der Waals surface area (Å²) in [6.07, 6.45) is 5.27. The van der Waals surface area contributed by atoms with E-state index >= 15 is 0 Å². The van der Waals surface area contributed by atoms with Crippen molar-refractivity contribution in [1.82, 2.24) is 5.32 Å². The lowest BCUT2D eigenvalue weighted by Gasteiger charge is -2.21. The standard InChI is InChI=1S/C11H23NO3S/c1-3-5-9(13)8-12-10-6-4-7-11(10)16(2,14)15/h9-13H,3-8H2,1-2H3. The van der Waals surface area contributed by atoms with E-state index in [1.54, 1.807) is 0 Å². The lowest BCUT2D eigenvalue weighted by atomic mass is 10.2. The van der Waals surface area contributed by atoms with Crippen LogP contribution in [-0.4, -0.2) is 43.7 Å². The summed E-state index contributed by atoms with van der Waals surface area (Å²) in [4.78, 5) is 0. The smallest absolute Gasteiger partial charge is 0.151 e. The van der Waals surface area contributed by atoms with E-state index in [0.717, 1.165) is 32.1 Å². The molecule has 0 heterocycles. The number of hydrogen-bond donors (Lipinski definition) is 2. The Kier molecular flexibility index (Phi) is 5.21. The molecule has 3 atom stereocenters. The maximum atomic E-state index is 11.5. The number of hydrogen-bond acceptors (Lipinski definition) is 4. The molecule has 0 aromatic heterocycles. The van der Waals surface area contributed by atoms with Gasteiger partial charge in [-0.2, -0.15) is 0 Å². The molecule has 1 saturated carbocycles. The third kappa shape index (κ3) is 4.03. The second kappa shape index (κ2) is 5.98. The summed E-state index contributed by atoms with van der Waals surface area (Å²) in [6.45, 7) is 2.53. The van der Waals surface area contributed by atoms with Gasteiger partial charge in [0.1, 0.15) is 0 Å². The van der Waals surface area contributed by atoms with Gasteiger partial charge in [0, 0.05) is 18.8 Å². The van der Waals surface area contributed by atoms with Crippen LogP contribution in [0.25, 0.3) is 0 Å². The number of aliphatic hydroxyl groups is 1. The monoisotopic (exact) mass is 249 g/mol. The highest BCUT2D eigenvalue weighted by atomic mass is 32.2. The minimum absolute atomic E-state index is 0.0292. The van der Waals surface area contributed by atoms with Crippen molar-refractivity contribution in [3.05, 3.63) is 0 Å². The Morgan fingerprint density at radius 1 is 1.44 bits per heavy atom. The summed E-state index contributed by atoms with van der Waals surface area (Å²) < 4.78 is 23.0. The molecule has 0 bridgehead atoms. The first-order valence-electron chi connectivity index (χ1n) is 6.05. The van der Waals surface area contributed by atoms with E-state index in [2.05, 4.69) is 5.32 Å². The summed E-state index contributed by atoms with van der Waals surface area (Å²) in [7, 11) is -2.96. The van der Waals surface area contributed by atoms with Gasteiger partial charge < -0.3 is 10.4 Å². The van der Waals surface area contributed by atoms with Crippen molar-refractivity contribution in [2.45, 2.75) is 56.4 Å². The summed E-state index contributed by atoms with van der Waals surface area (Å²) in [6, 6.07) is 0.0292. The van der Waals surface area contributed by atoms with Crippen LogP contribution in [0, 0.1) is 0 Å². The average Bonchev–Trinajstić information content (AvgIpc) is 2.62. The number of aliphatic hydroxyl groups excluding tert-OH is 1. The van der Waals surface area contributed by atoms with Crippen molar-refractivity contribution in [1.29, 1.82) is 0 Å². The minimum Gasteiger partial charge on any atom is -0.392 e. The molecule has 0 aromatic carbocycles. The Hall–Kier alpha value is -0.130. The molecule has 0 radical (unpaired) electrons. The van der Waals surface area contributed by atoms with Gasteiger partial charge in [0.25, 0.3) is 0 Å². The van der Waals surface area contributed by atoms with Crippen molar-refractivity contribution in [2.75, 3.05) is 12.8 Å². The lowest BCUT2D eigenvalue weighted by Crippen LogP contribution is -2.43. The Labute approximate surface area is 98.4 Å². The van der Waals surface area contributed by atoms with E-state index in [1.807, 2.05) is 6.92 Å². The first kappa shape index (κ1) is 13.9. The first-order valence-corrected chi connectivity index (χ1v) is 8.01. The van der Waals surface area contributed by atoms with Gasteiger partial charge in [0.2, 0.25) is 0 Å². The summed E-state index contributed by atoms with van der Waals surface area (Å²) >= 11 is 0. The highest BCUT2D eigenvalue weighted by Gasteiger charge is 2.34. The molecule has 5 heteroatoms. The molecule has 0 aliphatic heterocycles. The molecule has 1 fully saturated rings. The molecule has 1 aliphatic rings. The van der Waals surface area contributed by atoms with Gasteiger partial charge >= 0.3 is 0 Å². The molecule has 0 aromatic rings. The highest BCUT2D eigenvalue weighted by Crippen LogP contribution is 2.24. The molecule has 3 unspecified atom stereocenters. The Bertz CT molecular complexity index is 302. The van der Waals surface area contributed by atoms with Gasteiger partial charge in [-0.1, -0.05) is 19.8 Å². The number of rotatable bonds is 6. The van der Waals surface area contributed by atoms with Gasteiger partial charge in [-0.15, -0.1) is 0 Å². The minimum atomic E-state index is -2.96. The Morgan fingerprint density at radius 3 is 2.69 bits per heavy atom. The molecule has 2 N–H and O–H groups in total. The molecule has 1 aliphatic carbocycles. The van der Waals surface area contributed by atoms with Gasteiger partial charge in [-0.25, -0.2) is 8.42 Å². The zero-order valence-corrected chi connectivity index (χ0v) is 11.0. The van der Waals surface area contributed by atoms with Crippen molar-refractivity contribution >= 4 is 9.84 Å². The summed E-state index contributed by atoms with van der Waals surface area (Å²) in [5.41, 5.74) is 0. The van der Waals surface area contributed by atoms with Crippen molar-refractivity contribution in [3.63, 3.8) is 0 Å². The van der Waals surface area contributed by atoms with E-state index < -0.39 is 9.84 Å². The van der Waals surface area contributed by atoms with Gasteiger partial charge in [0.15, 0.2) is 9.84 Å². The quantitative estimate of drug-likeness (QED) is 0.727. The Morgan fingerprint density at radius 2 is 2.12 bits per heavy atom. The Balaban J connectivity index is 2.42. The predicted octanol–water partition coefficient (Wildman–Crippen LogP) is 0.703. The van der Waals surface area contributed by atoms with Crippen LogP contribution in [0.3, 0.4) is 0 Å². The fourth-order valence-electron chi connectivity index (χ4n) is 2.39. The number of nitrogens with one attached hydrogen (secondary N) is 1. The van der Waals surface area contributed by atoms with Gasteiger partial charge in [-0.3, -0.25) is 0 Å². The van der Waals surface area contributed by atoms with Crippen LogP contribution in [0.1, 0.15) is 39.0 Å². The third-order valence-corrected chi connectivity index (χ3v) is 4.90. The van der Waals surface area contributed by atoms with Gasteiger partial charge in [0.05, 0.1) is 11.4 Å². The molecule has 0 spiro atoms. The molecule has 1 rings (SSSR count). The van der Waals surface area contributed by atoms with Crippen LogP contribution >= 0.6 is 0 Å². The lowest BCUT2D eigenvalue weighted by molar-refractivity contribution is 0.156. The first-order chi connectivity index (χ1) is 7.45. The zero-order chi connectivity index (χ0) is 12.2. The van der Waals surface area contributed by atoms with Crippen molar-refractivity contribution < 1.29 is 13.5 Å². The van der Waals surface area contributed by atoms with Crippen molar-refractivity contribution in [3.8, 4) is 0 Å². The molecular formula is C11H23NO3S. The van der Waals surface area contributed by atoms with Crippen LogP contribution in [0.2, 0.25) is 0 Å². The normalized spacial score (nSPS) is 28.2. The van der Waals surface area contributed by atoms with E-state index in [0.29, 0.717) is 6.54 Å². The van der Waals surface area contributed by atoms with Crippen LogP contribution in [-0.2, 0) is 9.84 Å². The molecule has 0 amide bonds. The molecule has 96 valence electrons. The molecule has 16 heavy (non-hydrogen) atoms. The van der Waals surface area contributed by atoms with Crippen LogP contribution in [0.4, 0.5) is 0 Å². The summed E-state index contributed by atoms with van der Waals surface area (Å²) in [5.74, 6) is 0. The van der Waals surface area contributed by atoms with Crippen LogP contribution in [0.5, 0.6) is 0 Å². The van der Waals surface area contributed by atoms with E-state index in [9.17, 15) is 13.5 Å². The van der Waals surface area contributed by atoms with E-state index in [4.69, 9.17) is 0 Å². The van der Waals surface area contributed by atoms with E-state index in [1.165, 1.54) is 6.26 Å². The maximum Gasteiger partial charge on any atom is 0.151 e. The summed E-state index contributed by atoms with van der Waals surface area (Å²) in [5, 5.41) is 12.5. The third-order valence-electron chi connectivity index (χ3n) is 3.24. The molecule has 4 nitrogen and oxygen atoms in total. The second-order valence-corrected chi connectivity index (χ2v) is 7.02. The molecular weight excluding hydrogens is 226 g/mol. The highest BCUT2D eigenvalue weighted by molar-refractivity contribution is 7.91. The zero-order valence-electron chi connectivity index (χ0n) is 10.1. The average molecular weight is 249 g/mol. The van der Waals surface area contributed by atoms with E-state index in [-0.39, 0.29) is 17.4 Å².